The zero-order valence-electron chi connectivity index (χ0n) is 12.9. The van der Waals surface area contributed by atoms with E-state index < -0.39 is 5.97 Å². The molecule has 0 N–H and O–H groups in total. The molecule has 0 saturated heterocycles. The maximum absolute atomic E-state index is 11.8. The molecule has 2 rings (SSSR count). The van der Waals surface area contributed by atoms with E-state index in [9.17, 15) is 4.79 Å². The summed E-state index contributed by atoms with van der Waals surface area (Å²) in [5.74, 6) is 0.849. The van der Waals surface area contributed by atoms with Gasteiger partial charge < -0.3 is 14.2 Å². The third-order valence-electron chi connectivity index (χ3n) is 3.09. The van der Waals surface area contributed by atoms with Crippen LogP contribution in [0.25, 0.3) is 6.08 Å². The van der Waals surface area contributed by atoms with Gasteiger partial charge in [0.05, 0.1) is 14.2 Å². The second kappa shape index (κ2) is 8.39. The van der Waals surface area contributed by atoms with E-state index in [2.05, 4.69) is 15.9 Å². The van der Waals surface area contributed by atoms with Gasteiger partial charge in [-0.3, -0.25) is 0 Å². The standard InChI is InChI=1S/C18H17BrO4/c1-21-15-7-3-5-13(11-15)6-4-10-23-17-9-8-14(19)12-16(17)18(20)22-2/h3-9,11-12H,10H2,1-2H3/b6-4+. The molecule has 0 bridgehead atoms. The summed E-state index contributed by atoms with van der Waals surface area (Å²) in [5.41, 5.74) is 1.40. The second-order valence-electron chi connectivity index (χ2n) is 4.62. The normalized spacial score (nSPS) is 10.6. The Morgan fingerprint density at radius 2 is 2.00 bits per heavy atom. The molecule has 0 fully saturated rings. The van der Waals surface area contributed by atoms with Crippen LogP contribution in [0.15, 0.2) is 53.0 Å². The van der Waals surface area contributed by atoms with Crippen LogP contribution >= 0.6 is 15.9 Å². The molecule has 0 aromatic heterocycles. The predicted octanol–water partition coefficient (Wildman–Crippen LogP) is 4.34. The molecule has 2 aromatic rings. The molecule has 0 aliphatic rings. The molecule has 120 valence electrons. The molecule has 0 radical (unpaired) electrons. The average Bonchev–Trinajstić information content (AvgIpc) is 2.59. The molecular weight excluding hydrogens is 360 g/mol. The van der Waals surface area contributed by atoms with Crippen molar-refractivity contribution in [3.63, 3.8) is 0 Å². The Labute approximate surface area is 143 Å². The number of rotatable bonds is 6. The minimum Gasteiger partial charge on any atom is -0.497 e. The highest BCUT2D eigenvalue weighted by Crippen LogP contribution is 2.24. The molecular formula is C18H17BrO4. The Hall–Kier alpha value is -2.27. The van der Waals surface area contributed by atoms with Gasteiger partial charge in [0.1, 0.15) is 23.7 Å². The summed E-state index contributed by atoms with van der Waals surface area (Å²) < 4.78 is 16.4. The van der Waals surface area contributed by atoms with Crippen LogP contribution < -0.4 is 9.47 Å². The lowest BCUT2D eigenvalue weighted by molar-refractivity contribution is 0.0596. The topological polar surface area (TPSA) is 44.8 Å². The average molecular weight is 377 g/mol. The van der Waals surface area contributed by atoms with Gasteiger partial charge in [0.2, 0.25) is 0 Å². The smallest absolute Gasteiger partial charge is 0.341 e. The number of ether oxygens (including phenoxy) is 3. The minimum atomic E-state index is -0.432. The lowest BCUT2D eigenvalue weighted by Gasteiger charge is -2.09. The number of hydrogen-bond acceptors (Lipinski definition) is 4. The lowest BCUT2D eigenvalue weighted by atomic mass is 10.2. The highest BCUT2D eigenvalue weighted by atomic mass is 79.9. The van der Waals surface area contributed by atoms with Crippen LogP contribution in [0.1, 0.15) is 15.9 Å². The van der Waals surface area contributed by atoms with E-state index >= 15 is 0 Å². The SMILES string of the molecule is COC(=O)c1cc(Br)ccc1OC/C=C/c1cccc(OC)c1. The van der Waals surface area contributed by atoms with Crippen molar-refractivity contribution in [3.05, 3.63) is 64.1 Å². The van der Waals surface area contributed by atoms with Gasteiger partial charge in [-0.15, -0.1) is 0 Å². The Bertz CT molecular complexity index is 710. The maximum Gasteiger partial charge on any atom is 0.341 e. The zero-order valence-corrected chi connectivity index (χ0v) is 14.5. The van der Waals surface area contributed by atoms with Gasteiger partial charge in [0.25, 0.3) is 0 Å². The fraction of sp³-hybridized carbons (Fsp3) is 0.167. The quantitative estimate of drug-likeness (QED) is 0.703. The van der Waals surface area contributed by atoms with Gasteiger partial charge in [-0.1, -0.05) is 34.1 Å². The largest absolute Gasteiger partial charge is 0.497 e. The molecule has 0 spiro atoms. The third kappa shape index (κ3) is 4.86. The van der Waals surface area contributed by atoms with Gasteiger partial charge in [0.15, 0.2) is 0 Å². The van der Waals surface area contributed by atoms with E-state index in [1.165, 1.54) is 7.11 Å². The summed E-state index contributed by atoms with van der Waals surface area (Å²) in [4.78, 5) is 11.8. The molecule has 5 heteroatoms. The van der Waals surface area contributed by atoms with E-state index in [0.29, 0.717) is 17.9 Å². The summed E-state index contributed by atoms with van der Waals surface area (Å²) in [6, 6.07) is 12.9. The van der Waals surface area contributed by atoms with E-state index in [4.69, 9.17) is 14.2 Å². The molecule has 0 aliphatic heterocycles. The summed E-state index contributed by atoms with van der Waals surface area (Å²) in [7, 11) is 2.98. The van der Waals surface area contributed by atoms with Crippen molar-refractivity contribution in [1.82, 2.24) is 0 Å². The highest BCUT2D eigenvalue weighted by Gasteiger charge is 2.13. The van der Waals surface area contributed by atoms with Crippen LogP contribution in [0.3, 0.4) is 0 Å². The monoisotopic (exact) mass is 376 g/mol. The van der Waals surface area contributed by atoms with E-state index in [0.717, 1.165) is 15.8 Å². The number of carbonyl (C=O) groups is 1. The molecule has 0 unspecified atom stereocenters. The van der Waals surface area contributed by atoms with Crippen LogP contribution in [0.2, 0.25) is 0 Å². The fourth-order valence-corrected chi connectivity index (χ4v) is 2.33. The number of methoxy groups -OCH3 is 2. The van der Waals surface area contributed by atoms with E-state index in [-0.39, 0.29) is 0 Å². The van der Waals surface area contributed by atoms with Crippen molar-refractivity contribution in [3.8, 4) is 11.5 Å². The number of halogens is 1. The Morgan fingerprint density at radius 3 is 2.74 bits per heavy atom. The molecule has 0 aliphatic carbocycles. The van der Waals surface area contributed by atoms with Crippen LogP contribution in [-0.2, 0) is 4.74 Å². The van der Waals surface area contributed by atoms with Gasteiger partial charge in [-0.25, -0.2) is 4.79 Å². The Balaban J connectivity index is 2.03. The molecule has 4 nitrogen and oxygen atoms in total. The first-order valence-electron chi connectivity index (χ1n) is 6.95. The molecule has 0 atom stereocenters. The number of carbonyl (C=O) groups excluding carboxylic acids is 1. The van der Waals surface area contributed by atoms with E-state index in [1.807, 2.05) is 42.5 Å². The summed E-state index contributed by atoms with van der Waals surface area (Å²) in [5, 5.41) is 0. The lowest BCUT2D eigenvalue weighted by Crippen LogP contribution is -2.05. The summed E-state index contributed by atoms with van der Waals surface area (Å²) in [6.07, 6.45) is 3.80. The molecule has 0 heterocycles. The molecule has 23 heavy (non-hydrogen) atoms. The van der Waals surface area contributed by atoms with E-state index in [1.54, 1.807) is 19.2 Å². The Kier molecular flexibility index (Phi) is 6.23. The van der Waals surface area contributed by atoms with Gasteiger partial charge in [-0.2, -0.15) is 0 Å². The first kappa shape index (κ1) is 17.1. The van der Waals surface area contributed by atoms with Crippen LogP contribution in [0, 0.1) is 0 Å². The minimum absolute atomic E-state index is 0.336. The predicted molar refractivity (Wildman–Crippen MR) is 93.0 cm³/mol. The maximum atomic E-state index is 11.8. The van der Waals surface area contributed by atoms with Crippen molar-refractivity contribution in [1.29, 1.82) is 0 Å². The Morgan fingerprint density at radius 1 is 1.17 bits per heavy atom. The van der Waals surface area contributed by atoms with Gasteiger partial charge >= 0.3 is 5.97 Å². The van der Waals surface area contributed by atoms with Gasteiger partial charge in [0, 0.05) is 4.47 Å². The van der Waals surface area contributed by atoms with Crippen LogP contribution in [-0.4, -0.2) is 26.8 Å². The number of esters is 1. The zero-order chi connectivity index (χ0) is 16.7. The van der Waals surface area contributed by atoms with Gasteiger partial charge in [-0.05, 0) is 42.0 Å². The van der Waals surface area contributed by atoms with Crippen molar-refractivity contribution >= 4 is 28.0 Å². The third-order valence-corrected chi connectivity index (χ3v) is 3.58. The van der Waals surface area contributed by atoms with Crippen molar-refractivity contribution in [2.75, 3.05) is 20.8 Å². The summed E-state index contributed by atoms with van der Waals surface area (Å²) in [6.45, 7) is 0.336. The van der Waals surface area contributed by atoms with Crippen LogP contribution in [0.5, 0.6) is 11.5 Å². The fourth-order valence-electron chi connectivity index (χ4n) is 1.96. The molecule has 0 saturated carbocycles. The van der Waals surface area contributed by atoms with Crippen LogP contribution in [0.4, 0.5) is 0 Å². The van der Waals surface area contributed by atoms with Crippen molar-refractivity contribution < 1.29 is 19.0 Å². The second-order valence-corrected chi connectivity index (χ2v) is 5.54. The van der Waals surface area contributed by atoms with Crippen molar-refractivity contribution in [2.45, 2.75) is 0 Å². The number of hydrogen-bond donors (Lipinski definition) is 0. The first-order chi connectivity index (χ1) is 11.1. The molecule has 0 amide bonds. The highest BCUT2D eigenvalue weighted by molar-refractivity contribution is 9.10. The summed E-state index contributed by atoms with van der Waals surface area (Å²) >= 11 is 3.33. The molecule has 2 aromatic carbocycles. The van der Waals surface area contributed by atoms with Crippen molar-refractivity contribution in [2.24, 2.45) is 0 Å². The number of benzene rings is 2. The first-order valence-corrected chi connectivity index (χ1v) is 7.74.